The van der Waals surface area contributed by atoms with Crippen molar-refractivity contribution < 1.29 is 4.74 Å². The molecule has 1 N–H and O–H groups in total. The highest BCUT2D eigenvalue weighted by Gasteiger charge is 2.37. The van der Waals surface area contributed by atoms with Crippen LogP contribution in [0, 0.1) is 0 Å². The van der Waals surface area contributed by atoms with Crippen LogP contribution in [0.5, 0.6) is 0 Å². The maximum absolute atomic E-state index is 5.38. The zero-order valence-corrected chi connectivity index (χ0v) is 7.73. The van der Waals surface area contributed by atoms with Crippen molar-refractivity contribution in [3.05, 3.63) is 11.6 Å². The van der Waals surface area contributed by atoms with Crippen LogP contribution in [0.2, 0.25) is 0 Å². The molecule has 0 unspecified atom stereocenters. The van der Waals surface area contributed by atoms with Crippen molar-refractivity contribution in [2.24, 2.45) is 0 Å². The van der Waals surface area contributed by atoms with Crippen LogP contribution in [0.15, 0.2) is 11.6 Å². The standard InChI is InChI=1S/C10H17NO/c1-2-9-3-6-11-10(9)4-7-12-8-5-10/h3,11H,2,4-8H2,1H3. The number of rotatable bonds is 1. The molecule has 0 saturated carbocycles. The van der Waals surface area contributed by atoms with E-state index in [2.05, 4.69) is 18.3 Å². The molecule has 68 valence electrons. The zero-order valence-electron chi connectivity index (χ0n) is 7.73. The van der Waals surface area contributed by atoms with Crippen LogP contribution in [-0.2, 0) is 4.74 Å². The van der Waals surface area contributed by atoms with Gasteiger partial charge in [-0.3, -0.25) is 0 Å². The minimum atomic E-state index is 0.326. The Morgan fingerprint density at radius 2 is 2.25 bits per heavy atom. The van der Waals surface area contributed by atoms with Gasteiger partial charge in [0.2, 0.25) is 0 Å². The largest absolute Gasteiger partial charge is 0.381 e. The fourth-order valence-electron chi connectivity index (χ4n) is 2.38. The van der Waals surface area contributed by atoms with Crippen LogP contribution in [0.3, 0.4) is 0 Å². The summed E-state index contributed by atoms with van der Waals surface area (Å²) in [6.45, 7) is 5.15. The van der Waals surface area contributed by atoms with E-state index < -0.39 is 0 Å². The summed E-state index contributed by atoms with van der Waals surface area (Å²) in [5.41, 5.74) is 1.93. The highest BCUT2D eigenvalue weighted by molar-refractivity contribution is 5.26. The third kappa shape index (κ3) is 1.19. The summed E-state index contributed by atoms with van der Waals surface area (Å²) < 4.78 is 5.38. The molecule has 1 fully saturated rings. The molecule has 1 spiro atoms. The molecule has 0 radical (unpaired) electrons. The fraction of sp³-hybridized carbons (Fsp3) is 0.800. The van der Waals surface area contributed by atoms with Crippen LogP contribution < -0.4 is 5.32 Å². The third-order valence-corrected chi connectivity index (χ3v) is 3.13. The lowest BCUT2D eigenvalue weighted by molar-refractivity contribution is 0.0551. The quantitative estimate of drug-likeness (QED) is 0.597. The summed E-state index contributed by atoms with van der Waals surface area (Å²) in [5.74, 6) is 0. The van der Waals surface area contributed by atoms with Crippen molar-refractivity contribution in [3.8, 4) is 0 Å². The van der Waals surface area contributed by atoms with Gasteiger partial charge < -0.3 is 10.1 Å². The van der Waals surface area contributed by atoms with Gasteiger partial charge in [-0.05, 0) is 19.3 Å². The number of nitrogens with one attached hydrogen (secondary N) is 1. The van der Waals surface area contributed by atoms with Crippen LogP contribution >= 0.6 is 0 Å². The maximum atomic E-state index is 5.38. The molecule has 2 nitrogen and oxygen atoms in total. The molecule has 12 heavy (non-hydrogen) atoms. The third-order valence-electron chi connectivity index (χ3n) is 3.13. The highest BCUT2D eigenvalue weighted by Crippen LogP contribution is 2.33. The van der Waals surface area contributed by atoms with Gasteiger partial charge in [-0.2, -0.15) is 0 Å². The maximum Gasteiger partial charge on any atom is 0.0486 e. The van der Waals surface area contributed by atoms with E-state index in [-0.39, 0.29) is 0 Å². The summed E-state index contributed by atoms with van der Waals surface area (Å²) in [6, 6.07) is 0. The second kappa shape index (κ2) is 3.19. The van der Waals surface area contributed by atoms with Gasteiger partial charge in [0.05, 0.1) is 0 Å². The van der Waals surface area contributed by atoms with Crippen molar-refractivity contribution in [3.63, 3.8) is 0 Å². The second-order valence-corrected chi connectivity index (χ2v) is 3.66. The second-order valence-electron chi connectivity index (χ2n) is 3.66. The SMILES string of the molecule is CCC1=CCNC12CCOCC2. The van der Waals surface area contributed by atoms with Gasteiger partial charge in [0, 0.05) is 25.3 Å². The fourth-order valence-corrected chi connectivity index (χ4v) is 2.38. The van der Waals surface area contributed by atoms with Crippen molar-refractivity contribution in [2.75, 3.05) is 19.8 Å². The van der Waals surface area contributed by atoms with E-state index in [1.165, 1.54) is 6.42 Å². The molecular formula is C10H17NO. The first-order valence-corrected chi connectivity index (χ1v) is 4.90. The van der Waals surface area contributed by atoms with Crippen LogP contribution in [0.4, 0.5) is 0 Å². The van der Waals surface area contributed by atoms with Gasteiger partial charge in [-0.1, -0.05) is 18.6 Å². The molecule has 2 heteroatoms. The lowest BCUT2D eigenvalue weighted by Gasteiger charge is -2.36. The first-order valence-electron chi connectivity index (χ1n) is 4.90. The van der Waals surface area contributed by atoms with E-state index in [4.69, 9.17) is 4.74 Å². The molecule has 0 aromatic rings. The van der Waals surface area contributed by atoms with E-state index in [0.29, 0.717) is 5.54 Å². The Morgan fingerprint density at radius 1 is 1.50 bits per heavy atom. The molecular weight excluding hydrogens is 150 g/mol. The highest BCUT2D eigenvalue weighted by atomic mass is 16.5. The van der Waals surface area contributed by atoms with Crippen molar-refractivity contribution >= 4 is 0 Å². The van der Waals surface area contributed by atoms with Crippen molar-refractivity contribution in [1.82, 2.24) is 5.32 Å². The van der Waals surface area contributed by atoms with Crippen LogP contribution in [0.1, 0.15) is 26.2 Å². The van der Waals surface area contributed by atoms with Gasteiger partial charge in [0.25, 0.3) is 0 Å². The minimum absolute atomic E-state index is 0.326. The number of hydrogen-bond donors (Lipinski definition) is 1. The first kappa shape index (κ1) is 8.27. The Morgan fingerprint density at radius 3 is 2.92 bits per heavy atom. The van der Waals surface area contributed by atoms with Gasteiger partial charge in [0.15, 0.2) is 0 Å². The smallest absolute Gasteiger partial charge is 0.0486 e. The average molecular weight is 167 g/mol. The molecule has 2 aliphatic heterocycles. The molecule has 2 heterocycles. The lowest BCUT2D eigenvalue weighted by atomic mass is 9.83. The van der Waals surface area contributed by atoms with E-state index in [1.807, 2.05) is 0 Å². The van der Waals surface area contributed by atoms with Gasteiger partial charge >= 0.3 is 0 Å². The Labute approximate surface area is 74.0 Å². The summed E-state index contributed by atoms with van der Waals surface area (Å²) in [4.78, 5) is 0. The summed E-state index contributed by atoms with van der Waals surface area (Å²) in [6.07, 6.45) is 5.86. The first-order chi connectivity index (χ1) is 5.87. The topological polar surface area (TPSA) is 21.3 Å². The predicted molar refractivity (Wildman–Crippen MR) is 49.2 cm³/mol. The van der Waals surface area contributed by atoms with E-state index in [1.54, 1.807) is 5.57 Å². The van der Waals surface area contributed by atoms with Crippen LogP contribution in [0.25, 0.3) is 0 Å². The normalized spacial score (nSPS) is 27.6. The number of ether oxygens (including phenoxy) is 1. The monoisotopic (exact) mass is 167 g/mol. The van der Waals surface area contributed by atoms with Crippen molar-refractivity contribution in [2.45, 2.75) is 31.7 Å². The van der Waals surface area contributed by atoms with Gasteiger partial charge in [-0.25, -0.2) is 0 Å². The molecule has 2 rings (SSSR count). The summed E-state index contributed by atoms with van der Waals surface area (Å²) in [5, 5.41) is 3.60. The van der Waals surface area contributed by atoms with Crippen molar-refractivity contribution in [1.29, 1.82) is 0 Å². The average Bonchev–Trinajstić information content (AvgIpc) is 2.49. The minimum Gasteiger partial charge on any atom is -0.381 e. The number of hydrogen-bond acceptors (Lipinski definition) is 2. The Balaban J connectivity index is 2.13. The Hall–Kier alpha value is -0.340. The van der Waals surface area contributed by atoms with E-state index >= 15 is 0 Å². The summed E-state index contributed by atoms with van der Waals surface area (Å²) in [7, 11) is 0. The Bertz CT molecular complexity index is 192. The zero-order chi connectivity index (χ0) is 8.44. The molecule has 0 bridgehead atoms. The molecule has 0 aromatic carbocycles. The van der Waals surface area contributed by atoms with E-state index in [9.17, 15) is 0 Å². The molecule has 2 aliphatic rings. The van der Waals surface area contributed by atoms with Crippen LogP contribution in [-0.4, -0.2) is 25.3 Å². The predicted octanol–water partition coefficient (Wildman–Crippen LogP) is 1.48. The molecule has 0 atom stereocenters. The van der Waals surface area contributed by atoms with Gasteiger partial charge in [0.1, 0.15) is 0 Å². The van der Waals surface area contributed by atoms with E-state index in [0.717, 1.165) is 32.6 Å². The summed E-state index contributed by atoms with van der Waals surface area (Å²) >= 11 is 0. The molecule has 0 amide bonds. The molecule has 0 aliphatic carbocycles. The lowest BCUT2D eigenvalue weighted by Crippen LogP contribution is -2.47. The molecule has 1 saturated heterocycles. The Kier molecular flexibility index (Phi) is 2.20. The molecule has 0 aromatic heterocycles. The van der Waals surface area contributed by atoms with Gasteiger partial charge in [-0.15, -0.1) is 0 Å².